The molecule has 0 N–H and O–H groups in total. The maximum absolute atomic E-state index is 12.8. The molecule has 0 aliphatic rings. The van der Waals surface area contributed by atoms with Crippen molar-refractivity contribution in [3.63, 3.8) is 0 Å². The van der Waals surface area contributed by atoms with Crippen LogP contribution in [-0.2, 0) is 10.2 Å². The van der Waals surface area contributed by atoms with E-state index in [1.807, 2.05) is 12.1 Å². The molecule has 0 saturated carbocycles. The van der Waals surface area contributed by atoms with Crippen molar-refractivity contribution in [3.05, 3.63) is 35.4 Å². The normalized spacial score (nSPS) is 13.0. The van der Waals surface area contributed by atoms with Crippen molar-refractivity contribution in [3.8, 4) is 0 Å². The Kier molecular flexibility index (Phi) is 6.67. The van der Waals surface area contributed by atoms with Crippen molar-refractivity contribution in [2.24, 2.45) is 17.8 Å². The molecule has 0 radical (unpaired) electrons. The van der Waals surface area contributed by atoms with Gasteiger partial charge in [-0.3, -0.25) is 0 Å². The molecule has 136 valence electrons. The highest BCUT2D eigenvalue weighted by molar-refractivity contribution is 5.89. The van der Waals surface area contributed by atoms with Crippen LogP contribution in [0.2, 0.25) is 0 Å². The molecule has 0 saturated heterocycles. The Morgan fingerprint density at radius 1 is 0.917 bits per heavy atom. The number of benzene rings is 1. The van der Waals surface area contributed by atoms with Crippen molar-refractivity contribution in [2.45, 2.75) is 79.8 Å². The van der Waals surface area contributed by atoms with E-state index in [0.717, 1.165) is 6.42 Å². The molecule has 0 amide bonds. The van der Waals surface area contributed by atoms with E-state index in [2.05, 4.69) is 74.4 Å². The Labute approximate surface area is 149 Å². The van der Waals surface area contributed by atoms with Crippen LogP contribution >= 0.6 is 0 Å². The van der Waals surface area contributed by atoms with E-state index in [1.165, 1.54) is 5.56 Å². The van der Waals surface area contributed by atoms with Crippen molar-refractivity contribution in [2.75, 3.05) is 0 Å². The fourth-order valence-electron chi connectivity index (χ4n) is 3.83. The minimum absolute atomic E-state index is 0.125. The molecule has 0 bridgehead atoms. The van der Waals surface area contributed by atoms with Gasteiger partial charge in [0.15, 0.2) is 0 Å². The van der Waals surface area contributed by atoms with Crippen molar-refractivity contribution < 1.29 is 9.53 Å². The Bertz CT molecular complexity index is 514. The zero-order valence-electron chi connectivity index (χ0n) is 17.1. The first-order valence-electron chi connectivity index (χ1n) is 9.32. The van der Waals surface area contributed by atoms with Crippen LogP contribution in [0.3, 0.4) is 0 Å². The summed E-state index contributed by atoms with van der Waals surface area (Å²) in [7, 11) is 0. The molecule has 2 heteroatoms. The van der Waals surface area contributed by atoms with Gasteiger partial charge < -0.3 is 4.74 Å². The second kappa shape index (κ2) is 7.72. The molecule has 1 aromatic rings. The quantitative estimate of drug-likeness (QED) is 0.553. The van der Waals surface area contributed by atoms with E-state index < -0.39 is 5.60 Å². The van der Waals surface area contributed by atoms with Gasteiger partial charge in [0.1, 0.15) is 5.60 Å². The summed E-state index contributed by atoms with van der Waals surface area (Å²) in [6.45, 7) is 19.5. The molecule has 0 heterocycles. The van der Waals surface area contributed by atoms with Crippen LogP contribution in [0, 0.1) is 17.8 Å². The third kappa shape index (κ3) is 4.02. The van der Waals surface area contributed by atoms with Gasteiger partial charge in [0.25, 0.3) is 0 Å². The third-order valence-corrected chi connectivity index (χ3v) is 5.76. The van der Waals surface area contributed by atoms with Crippen LogP contribution in [0.5, 0.6) is 0 Å². The summed E-state index contributed by atoms with van der Waals surface area (Å²) in [6.07, 6.45) is 1.06. The summed E-state index contributed by atoms with van der Waals surface area (Å²) < 4.78 is 6.12. The monoisotopic (exact) mass is 332 g/mol. The zero-order chi connectivity index (χ0) is 18.7. The van der Waals surface area contributed by atoms with E-state index in [-0.39, 0.29) is 29.1 Å². The summed E-state index contributed by atoms with van der Waals surface area (Å²) in [5.74, 6) is 0.575. The molecule has 0 atom stereocenters. The Hall–Kier alpha value is -1.31. The van der Waals surface area contributed by atoms with Crippen molar-refractivity contribution in [1.82, 2.24) is 0 Å². The van der Waals surface area contributed by atoms with Crippen LogP contribution in [0.4, 0.5) is 0 Å². The second-order valence-corrected chi connectivity index (χ2v) is 8.52. The lowest BCUT2D eigenvalue weighted by Crippen LogP contribution is -2.49. The Balaban J connectivity index is 3.09. The highest BCUT2D eigenvalue weighted by Gasteiger charge is 2.44. The first-order valence-corrected chi connectivity index (χ1v) is 9.32. The largest absolute Gasteiger partial charge is 0.455 e. The number of esters is 1. The van der Waals surface area contributed by atoms with Gasteiger partial charge in [0.2, 0.25) is 0 Å². The smallest absolute Gasteiger partial charge is 0.338 e. The molecular weight excluding hydrogens is 296 g/mol. The van der Waals surface area contributed by atoms with Gasteiger partial charge in [-0.25, -0.2) is 4.79 Å². The first kappa shape index (κ1) is 20.7. The van der Waals surface area contributed by atoms with E-state index in [0.29, 0.717) is 5.56 Å². The van der Waals surface area contributed by atoms with E-state index in [4.69, 9.17) is 4.74 Å². The van der Waals surface area contributed by atoms with Crippen molar-refractivity contribution in [1.29, 1.82) is 0 Å². The molecule has 2 nitrogen and oxygen atoms in total. The fraction of sp³-hybridized carbons (Fsp3) is 0.682. The molecule has 1 aromatic carbocycles. The van der Waals surface area contributed by atoms with Gasteiger partial charge in [-0.05, 0) is 47.3 Å². The number of ether oxygens (including phenoxy) is 1. The number of carbonyl (C=O) groups excluding carboxylic acids is 1. The molecule has 1 rings (SSSR count). The van der Waals surface area contributed by atoms with Crippen LogP contribution < -0.4 is 0 Å². The van der Waals surface area contributed by atoms with Gasteiger partial charge >= 0.3 is 5.97 Å². The fourth-order valence-corrected chi connectivity index (χ4v) is 3.83. The topological polar surface area (TPSA) is 26.3 Å². The highest BCUT2D eigenvalue weighted by Crippen LogP contribution is 2.38. The molecule has 24 heavy (non-hydrogen) atoms. The Morgan fingerprint density at radius 3 is 1.67 bits per heavy atom. The molecule has 0 spiro atoms. The van der Waals surface area contributed by atoms with Crippen LogP contribution in [0.15, 0.2) is 24.3 Å². The number of carbonyl (C=O) groups is 1. The average molecular weight is 333 g/mol. The molecule has 0 aromatic heterocycles. The Morgan fingerprint density at radius 2 is 1.33 bits per heavy atom. The first-order chi connectivity index (χ1) is 11.0. The summed E-state index contributed by atoms with van der Waals surface area (Å²) in [6, 6.07) is 7.92. The van der Waals surface area contributed by atoms with E-state index in [9.17, 15) is 4.79 Å². The summed E-state index contributed by atoms with van der Waals surface area (Å²) >= 11 is 0. The maximum atomic E-state index is 12.8. The standard InChI is InChI=1S/C22H36O2/c1-10-21(8,9)19-13-11-18(12-14-19)20(23)24-22(15(2)3,16(4)5)17(6)7/h11-17H,10H2,1-9H3. The zero-order valence-corrected chi connectivity index (χ0v) is 17.1. The lowest BCUT2D eigenvalue weighted by molar-refractivity contribution is -0.101. The molecule has 0 fully saturated rings. The average Bonchev–Trinajstić information content (AvgIpc) is 2.51. The maximum Gasteiger partial charge on any atom is 0.338 e. The lowest BCUT2D eigenvalue weighted by atomic mass is 9.72. The minimum atomic E-state index is -0.446. The predicted molar refractivity (Wildman–Crippen MR) is 102 cm³/mol. The van der Waals surface area contributed by atoms with Gasteiger partial charge in [-0.2, -0.15) is 0 Å². The van der Waals surface area contributed by atoms with Gasteiger partial charge in [0.05, 0.1) is 5.56 Å². The summed E-state index contributed by atoms with van der Waals surface area (Å²) in [5.41, 5.74) is 1.57. The highest BCUT2D eigenvalue weighted by atomic mass is 16.6. The SMILES string of the molecule is CCC(C)(C)c1ccc(C(=O)OC(C(C)C)(C(C)C)C(C)C)cc1. The van der Waals surface area contributed by atoms with Crippen LogP contribution in [0.25, 0.3) is 0 Å². The minimum Gasteiger partial charge on any atom is -0.455 e. The molecule has 0 aliphatic carbocycles. The van der Waals surface area contributed by atoms with Crippen LogP contribution in [0.1, 0.15) is 84.7 Å². The van der Waals surface area contributed by atoms with Gasteiger partial charge in [-0.1, -0.05) is 74.4 Å². The second-order valence-electron chi connectivity index (χ2n) is 8.52. The van der Waals surface area contributed by atoms with E-state index in [1.54, 1.807) is 0 Å². The number of rotatable bonds is 7. The van der Waals surface area contributed by atoms with Gasteiger partial charge in [-0.15, -0.1) is 0 Å². The molecular formula is C22H36O2. The van der Waals surface area contributed by atoms with Crippen molar-refractivity contribution >= 4 is 5.97 Å². The number of hydrogen-bond donors (Lipinski definition) is 0. The molecule has 0 unspecified atom stereocenters. The predicted octanol–water partition coefficient (Wildman–Crippen LogP) is 6.24. The lowest BCUT2D eigenvalue weighted by Gasteiger charge is -2.44. The third-order valence-electron chi connectivity index (χ3n) is 5.76. The van der Waals surface area contributed by atoms with Crippen LogP contribution in [-0.4, -0.2) is 11.6 Å². The summed E-state index contributed by atoms with van der Waals surface area (Å²) in [4.78, 5) is 12.8. The summed E-state index contributed by atoms with van der Waals surface area (Å²) in [5, 5.41) is 0. The van der Waals surface area contributed by atoms with E-state index >= 15 is 0 Å². The van der Waals surface area contributed by atoms with Gasteiger partial charge in [0, 0.05) is 0 Å². The number of hydrogen-bond acceptors (Lipinski definition) is 2. The molecule has 0 aliphatic heterocycles.